The maximum Gasteiger partial charge on any atom is 0.354 e. The number of hydrogen-bond donors (Lipinski definition) is 2. The lowest BCUT2D eigenvalue weighted by atomic mass is 10.2. The number of amides is 1. The molecule has 1 amide bonds. The van der Waals surface area contributed by atoms with Gasteiger partial charge in [0.05, 0.1) is 20.3 Å². The number of nitrogens with one attached hydrogen (secondary N) is 2. The van der Waals surface area contributed by atoms with Gasteiger partial charge in [-0.15, -0.1) is 0 Å². The molecule has 0 radical (unpaired) electrons. The van der Waals surface area contributed by atoms with E-state index in [-0.39, 0.29) is 11.5 Å². The highest BCUT2D eigenvalue weighted by atomic mass is 16.5. The van der Waals surface area contributed by atoms with Gasteiger partial charge in [0.15, 0.2) is 5.76 Å². The summed E-state index contributed by atoms with van der Waals surface area (Å²) in [7, 11) is 2.39. The number of ether oxygens (including phenoxy) is 2. The van der Waals surface area contributed by atoms with Crippen LogP contribution >= 0.6 is 0 Å². The predicted octanol–water partition coefficient (Wildman–Crippen LogP) is 3.33. The molecule has 0 fully saturated rings. The van der Waals surface area contributed by atoms with Crippen LogP contribution in [-0.4, -0.2) is 32.1 Å². The molecule has 0 atom stereocenters. The Kier molecular flexibility index (Phi) is 5.94. The fourth-order valence-corrected chi connectivity index (χ4v) is 2.55. The highest BCUT2D eigenvalue weighted by Crippen LogP contribution is 2.21. The number of carbonyl (C=O) groups is 3. The van der Waals surface area contributed by atoms with Crippen LogP contribution < -0.4 is 10.6 Å². The molecule has 1 heterocycles. The van der Waals surface area contributed by atoms with Crippen LogP contribution in [0.5, 0.6) is 0 Å². The summed E-state index contributed by atoms with van der Waals surface area (Å²) in [4.78, 5) is 35.8. The number of furan rings is 1. The van der Waals surface area contributed by atoms with Gasteiger partial charge in [-0.1, -0.05) is 24.3 Å². The highest BCUT2D eigenvalue weighted by molar-refractivity contribution is 6.05. The van der Waals surface area contributed by atoms with Gasteiger partial charge in [0.25, 0.3) is 5.91 Å². The van der Waals surface area contributed by atoms with Gasteiger partial charge in [-0.25, -0.2) is 9.59 Å². The van der Waals surface area contributed by atoms with Crippen molar-refractivity contribution >= 4 is 40.2 Å². The number of benzene rings is 2. The van der Waals surface area contributed by atoms with Gasteiger partial charge in [0.1, 0.15) is 11.3 Å². The Morgan fingerprint density at radius 1 is 0.897 bits per heavy atom. The number of rotatable bonds is 6. The van der Waals surface area contributed by atoms with Crippen molar-refractivity contribution in [3.05, 3.63) is 72.1 Å². The van der Waals surface area contributed by atoms with E-state index < -0.39 is 17.8 Å². The van der Waals surface area contributed by atoms with Gasteiger partial charge in [0, 0.05) is 16.8 Å². The summed E-state index contributed by atoms with van der Waals surface area (Å²) in [5, 5.41) is 6.33. The first-order valence-electron chi connectivity index (χ1n) is 8.55. The maximum atomic E-state index is 12.5. The lowest BCUT2D eigenvalue weighted by molar-refractivity contribution is -0.138. The number of para-hydroxylation sites is 1. The van der Waals surface area contributed by atoms with Crippen LogP contribution in [0, 0.1) is 0 Å². The molecule has 0 saturated heterocycles. The molecule has 2 N–H and O–H groups in total. The molecular formula is C21H18N2O6. The molecule has 0 spiro atoms. The SMILES string of the molecule is COC(=O)/C=C(/Nc1cccc(NC(=O)c2cc3ccccc3o2)c1)C(=O)OC. The van der Waals surface area contributed by atoms with Crippen molar-refractivity contribution in [3.63, 3.8) is 0 Å². The number of anilines is 2. The summed E-state index contributed by atoms with van der Waals surface area (Å²) in [5.74, 6) is -1.71. The third-order valence-electron chi connectivity index (χ3n) is 3.92. The Morgan fingerprint density at radius 3 is 2.31 bits per heavy atom. The first-order chi connectivity index (χ1) is 14.0. The van der Waals surface area contributed by atoms with E-state index in [0.29, 0.717) is 17.0 Å². The average molecular weight is 394 g/mol. The number of hydrogen-bond acceptors (Lipinski definition) is 7. The second-order valence-corrected chi connectivity index (χ2v) is 5.88. The highest BCUT2D eigenvalue weighted by Gasteiger charge is 2.15. The third-order valence-corrected chi connectivity index (χ3v) is 3.92. The molecule has 0 aliphatic heterocycles. The molecule has 0 aliphatic rings. The molecule has 0 bridgehead atoms. The molecule has 29 heavy (non-hydrogen) atoms. The summed E-state index contributed by atoms with van der Waals surface area (Å²) < 4.78 is 14.7. The minimum absolute atomic E-state index is 0.111. The molecule has 0 unspecified atom stereocenters. The number of carbonyl (C=O) groups excluding carboxylic acids is 3. The molecule has 0 aliphatic carbocycles. The number of esters is 2. The normalized spacial score (nSPS) is 11.0. The van der Waals surface area contributed by atoms with Gasteiger partial charge >= 0.3 is 11.9 Å². The van der Waals surface area contributed by atoms with Crippen LogP contribution in [0.15, 0.2) is 70.8 Å². The van der Waals surface area contributed by atoms with E-state index in [9.17, 15) is 14.4 Å². The van der Waals surface area contributed by atoms with E-state index in [1.165, 1.54) is 14.2 Å². The fraction of sp³-hybridized carbons (Fsp3) is 0.0952. The topological polar surface area (TPSA) is 107 Å². The summed E-state index contributed by atoms with van der Waals surface area (Å²) in [6.07, 6.45) is 0.978. The monoisotopic (exact) mass is 394 g/mol. The minimum atomic E-state index is -0.743. The van der Waals surface area contributed by atoms with Crippen molar-refractivity contribution in [1.82, 2.24) is 0 Å². The number of fused-ring (bicyclic) bond motifs is 1. The zero-order valence-corrected chi connectivity index (χ0v) is 15.7. The van der Waals surface area contributed by atoms with E-state index in [1.807, 2.05) is 18.2 Å². The zero-order valence-electron chi connectivity index (χ0n) is 15.7. The Bertz CT molecular complexity index is 1070. The molecular weight excluding hydrogens is 376 g/mol. The molecule has 3 rings (SSSR count). The van der Waals surface area contributed by atoms with Crippen LogP contribution in [0.25, 0.3) is 11.0 Å². The van der Waals surface area contributed by atoms with Gasteiger partial charge in [-0.2, -0.15) is 0 Å². The van der Waals surface area contributed by atoms with E-state index >= 15 is 0 Å². The van der Waals surface area contributed by atoms with E-state index in [1.54, 1.807) is 36.4 Å². The lowest BCUT2D eigenvalue weighted by Gasteiger charge is -2.11. The van der Waals surface area contributed by atoms with Gasteiger partial charge < -0.3 is 24.5 Å². The molecule has 1 aromatic heterocycles. The zero-order chi connectivity index (χ0) is 20.8. The quantitative estimate of drug-likeness (QED) is 0.488. The van der Waals surface area contributed by atoms with Gasteiger partial charge in [-0.05, 0) is 30.3 Å². The van der Waals surface area contributed by atoms with Crippen molar-refractivity contribution in [3.8, 4) is 0 Å². The molecule has 3 aromatic rings. The first-order valence-corrected chi connectivity index (χ1v) is 8.55. The van der Waals surface area contributed by atoms with E-state index in [4.69, 9.17) is 4.42 Å². The largest absolute Gasteiger partial charge is 0.466 e. The van der Waals surface area contributed by atoms with Crippen LogP contribution in [-0.2, 0) is 19.1 Å². The van der Waals surface area contributed by atoms with Crippen LogP contribution in [0.4, 0.5) is 11.4 Å². The summed E-state index contributed by atoms with van der Waals surface area (Å²) >= 11 is 0. The van der Waals surface area contributed by atoms with Gasteiger partial charge in [-0.3, -0.25) is 4.79 Å². The Labute approximate surface area is 166 Å². The van der Waals surface area contributed by atoms with Crippen molar-refractivity contribution in [2.45, 2.75) is 0 Å². The van der Waals surface area contributed by atoms with Crippen molar-refractivity contribution in [1.29, 1.82) is 0 Å². The third kappa shape index (κ3) is 4.81. The van der Waals surface area contributed by atoms with Gasteiger partial charge in [0.2, 0.25) is 0 Å². The lowest BCUT2D eigenvalue weighted by Crippen LogP contribution is -2.16. The smallest absolute Gasteiger partial charge is 0.354 e. The maximum absolute atomic E-state index is 12.5. The van der Waals surface area contributed by atoms with Crippen LogP contribution in [0.1, 0.15) is 10.6 Å². The minimum Gasteiger partial charge on any atom is -0.466 e. The summed E-state index contributed by atoms with van der Waals surface area (Å²) in [6, 6.07) is 15.6. The predicted molar refractivity (Wildman–Crippen MR) is 106 cm³/mol. The molecule has 8 heteroatoms. The van der Waals surface area contributed by atoms with Crippen molar-refractivity contribution in [2.24, 2.45) is 0 Å². The molecule has 8 nitrogen and oxygen atoms in total. The van der Waals surface area contributed by atoms with E-state index in [0.717, 1.165) is 11.5 Å². The Morgan fingerprint density at radius 2 is 1.62 bits per heavy atom. The first kappa shape index (κ1) is 19.7. The number of methoxy groups -OCH3 is 2. The molecule has 148 valence electrons. The van der Waals surface area contributed by atoms with Crippen LogP contribution in [0.2, 0.25) is 0 Å². The van der Waals surface area contributed by atoms with Crippen LogP contribution in [0.3, 0.4) is 0 Å². The second-order valence-electron chi connectivity index (χ2n) is 5.88. The molecule has 0 saturated carbocycles. The summed E-state index contributed by atoms with van der Waals surface area (Å²) in [6.45, 7) is 0. The Hall–Kier alpha value is -4.07. The fourth-order valence-electron chi connectivity index (χ4n) is 2.55. The second kappa shape index (κ2) is 8.75. The standard InChI is InChI=1S/C21H18N2O6/c1-27-19(24)12-16(21(26)28-2)22-14-7-5-8-15(11-14)23-20(25)18-10-13-6-3-4-9-17(13)29-18/h3-12,22H,1-2H3,(H,23,25)/b16-12+. The Balaban J connectivity index is 1.77. The molecule has 2 aromatic carbocycles. The summed E-state index contributed by atoms with van der Waals surface area (Å²) in [5.41, 5.74) is 1.42. The van der Waals surface area contributed by atoms with E-state index in [2.05, 4.69) is 20.1 Å². The van der Waals surface area contributed by atoms with Crippen molar-refractivity contribution < 1.29 is 28.3 Å². The van der Waals surface area contributed by atoms with Crippen molar-refractivity contribution in [2.75, 3.05) is 24.9 Å². The average Bonchev–Trinajstić information content (AvgIpc) is 3.17.